The highest BCUT2D eigenvalue weighted by Gasteiger charge is 2.52. The number of hydrogen-bond acceptors (Lipinski definition) is 3. The summed E-state index contributed by atoms with van der Waals surface area (Å²) in [6.45, 7) is 1.41. The van der Waals surface area contributed by atoms with Gasteiger partial charge in [-0.25, -0.2) is 4.79 Å². The maximum absolute atomic E-state index is 12.2. The van der Waals surface area contributed by atoms with Gasteiger partial charge in [0.2, 0.25) is 5.54 Å². The van der Waals surface area contributed by atoms with E-state index in [4.69, 9.17) is 0 Å². The third kappa shape index (κ3) is 1.50. The Labute approximate surface area is 113 Å². The van der Waals surface area contributed by atoms with Crippen LogP contribution in [0.1, 0.15) is 6.92 Å². The van der Waals surface area contributed by atoms with Crippen molar-refractivity contribution in [3.63, 3.8) is 0 Å². The molecule has 17 heavy (non-hydrogen) atoms. The molecule has 1 N–H and O–H groups in total. The van der Waals surface area contributed by atoms with E-state index in [0.717, 1.165) is 5.69 Å². The second-order valence-corrected chi connectivity index (χ2v) is 4.98. The van der Waals surface area contributed by atoms with Crippen LogP contribution in [-0.4, -0.2) is 29.6 Å². The van der Waals surface area contributed by atoms with E-state index in [1.165, 1.54) is 14.9 Å². The maximum Gasteiger partial charge on any atom is 0.339 e. The molecule has 1 unspecified atom stereocenters. The molecule has 6 heteroatoms. The predicted octanol–water partition coefficient (Wildman–Crippen LogP) is 1.66. The first-order valence-electron chi connectivity index (χ1n) is 4.97. The second kappa shape index (κ2) is 3.86. The molecule has 0 radical (unpaired) electrons. The van der Waals surface area contributed by atoms with Crippen LogP contribution in [0.5, 0.6) is 0 Å². The average Bonchev–Trinajstić information content (AvgIpc) is 2.33. The van der Waals surface area contributed by atoms with E-state index in [9.17, 15) is 14.7 Å². The number of para-hydroxylation sites is 2. The molecule has 0 aliphatic carbocycles. The topological polar surface area (TPSA) is 60.9 Å². The molecule has 0 saturated carbocycles. The Hall–Kier alpha value is -1.31. The minimum absolute atomic E-state index is 0.446. The quantitative estimate of drug-likeness (QED) is 0.477. The molecule has 1 heterocycles. The molecule has 5 nitrogen and oxygen atoms in total. The van der Waals surface area contributed by atoms with Gasteiger partial charge in [-0.1, -0.05) is 12.1 Å². The lowest BCUT2D eigenvalue weighted by molar-refractivity contribution is -0.146. The molecular formula is C11H11IN2O3. The molecule has 1 aromatic rings. The van der Waals surface area contributed by atoms with Crippen LogP contribution in [-0.2, 0) is 9.59 Å². The van der Waals surface area contributed by atoms with Crippen molar-refractivity contribution in [2.24, 2.45) is 0 Å². The fourth-order valence-electron chi connectivity index (χ4n) is 1.85. The number of carboxylic acid groups (broad SMARTS) is 1. The fraction of sp³-hybridized carbons (Fsp3) is 0.273. The van der Waals surface area contributed by atoms with E-state index < -0.39 is 17.4 Å². The van der Waals surface area contributed by atoms with Gasteiger partial charge in [-0.05, 0) is 19.1 Å². The zero-order valence-electron chi connectivity index (χ0n) is 9.35. The van der Waals surface area contributed by atoms with Crippen molar-refractivity contribution in [3.8, 4) is 0 Å². The van der Waals surface area contributed by atoms with Gasteiger partial charge < -0.3 is 10.0 Å². The number of aliphatic carboxylic acids is 1. The van der Waals surface area contributed by atoms with Gasteiger partial charge in [-0.15, -0.1) is 0 Å². The van der Waals surface area contributed by atoms with E-state index in [-0.39, 0.29) is 0 Å². The summed E-state index contributed by atoms with van der Waals surface area (Å²) in [5, 5.41) is 9.29. The summed E-state index contributed by atoms with van der Waals surface area (Å²) in [5.41, 5.74) is -0.130. The molecule has 0 bridgehead atoms. The van der Waals surface area contributed by atoms with Gasteiger partial charge in [0.15, 0.2) is 0 Å². The lowest BCUT2D eigenvalue weighted by Gasteiger charge is -2.42. The van der Waals surface area contributed by atoms with Crippen LogP contribution < -0.4 is 8.01 Å². The first kappa shape index (κ1) is 12.2. The van der Waals surface area contributed by atoms with Gasteiger partial charge >= 0.3 is 5.97 Å². The highest BCUT2D eigenvalue weighted by molar-refractivity contribution is 14.1. The van der Waals surface area contributed by atoms with Gasteiger partial charge in [0.1, 0.15) is 0 Å². The average molecular weight is 346 g/mol. The number of nitrogens with zero attached hydrogens (tertiary/aromatic N) is 2. The molecule has 0 fully saturated rings. The van der Waals surface area contributed by atoms with Gasteiger partial charge in [-0.2, -0.15) is 0 Å². The van der Waals surface area contributed by atoms with E-state index in [1.807, 2.05) is 35.0 Å². The van der Waals surface area contributed by atoms with E-state index in [0.29, 0.717) is 5.69 Å². The number of rotatable bonds is 1. The third-order valence-electron chi connectivity index (χ3n) is 2.98. The van der Waals surface area contributed by atoms with Crippen molar-refractivity contribution < 1.29 is 14.7 Å². The highest BCUT2D eigenvalue weighted by Crippen LogP contribution is 2.41. The zero-order valence-corrected chi connectivity index (χ0v) is 11.5. The van der Waals surface area contributed by atoms with Crippen LogP contribution in [0.2, 0.25) is 0 Å². The second-order valence-electron chi connectivity index (χ2n) is 4.01. The molecular weight excluding hydrogens is 335 g/mol. The van der Waals surface area contributed by atoms with Crippen LogP contribution >= 0.6 is 22.9 Å². The smallest absolute Gasteiger partial charge is 0.339 e. The lowest BCUT2D eigenvalue weighted by Crippen LogP contribution is -2.62. The summed E-state index contributed by atoms with van der Waals surface area (Å²) in [5.74, 6) is -1.60. The van der Waals surface area contributed by atoms with Gasteiger partial charge in [0.25, 0.3) is 5.91 Å². The summed E-state index contributed by atoms with van der Waals surface area (Å²) in [6, 6.07) is 7.22. The maximum atomic E-state index is 12.2. The Morgan fingerprint density at radius 2 is 1.88 bits per heavy atom. The summed E-state index contributed by atoms with van der Waals surface area (Å²) >= 11 is 1.87. The zero-order chi connectivity index (χ0) is 12.8. The lowest BCUT2D eigenvalue weighted by atomic mass is 9.96. The molecule has 1 atom stereocenters. The normalized spacial score (nSPS) is 23.6. The number of benzene rings is 1. The number of carbonyl (C=O) groups excluding carboxylic acids is 1. The number of halogens is 1. The summed E-state index contributed by atoms with van der Waals surface area (Å²) in [4.78, 5) is 24.9. The monoisotopic (exact) mass is 346 g/mol. The van der Waals surface area contributed by atoms with Crippen molar-refractivity contribution in [2.75, 3.05) is 15.1 Å². The van der Waals surface area contributed by atoms with Crippen molar-refractivity contribution in [1.29, 1.82) is 0 Å². The Kier molecular flexibility index (Phi) is 2.76. The third-order valence-corrected chi connectivity index (χ3v) is 4.47. The summed E-state index contributed by atoms with van der Waals surface area (Å²) in [6.07, 6.45) is 0. The van der Waals surface area contributed by atoms with Crippen molar-refractivity contribution >= 4 is 46.1 Å². The molecule has 1 aliphatic rings. The van der Waals surface area contributed by atoms with Crippen LogP contribution in [0.15, 0.2) is 24.3 Å². The number of anilines is 2. The first-order valence-corrected chi connectivity index (χ1v) is 5.93. The van der Waals surface area contributed by atoms with Crippen molar-refractivity contribution in [1.82, 2.24) is 0 Å². The highest BCUT2D eigenvalue weighted by atomic mass is 127. The van der Waals surface area contributed by atoms with Gasteiger partial charge in [0.05, 0.1) is 34.2 Å². The number of carboxylic acids is 1. The Morgan fingerprint density at radius 1 is 1.35 bits per heavy atom. The Bertz CT molecular complexity index is 505. The molecule has 0 saturated heterocycles. The standard InChI is InChI=1S/C11H11IN2O3/c1-11(10(16)17)9(15)13(2)7-5-3-4-6-8(7)14(11)12/h3-6H,1-2H3,(H,16,17). The number of carbonyl (C=O) groups is 2. The summed E-state index contributed by atoms with van der Waals surface area (Å²) < 4.78 is 1.48. The molecule has 1 aliphatic heterocycles. The Balaban J connectivity index is 2.66. The summed E-state index contributed by atoms with van der Waals surface area (Å²) in [7, 11) is 1.59. The number of amides is 1. The predicted molar refractivity (Wildman–Crippen MR) is 72.4 cm³/mol. The number of likely N-dealkylation sites (N-methyl/N-ethyl adjacent to an activating group) is 1. The molecule has 2 rings (SSSR count). The largest absolute Gasteiger partial charge is 0.479 e. The Morgan fingerprint density at radius 3 is 2.41 bits per heavy atom. The number of hydrogen-bond donors (Lipinski definition) is 1. The minimum atomic E-state index is -1.57. The van der Waals surface area contributed by atoms with Crippen LogP contribution in [0.3, 0.4) is 0 Å². The van der Waals surface area contributed by atoms with E-state index >= 15 is 0 Å². The van der Waals surface area contributed by atoms with Crippen molar-refractivity contribution in [2.45, 2.75) is 12.5 Å². The van der Waals surface area contributed by atoms with Gasteiger partial charge in [-0.3, -0.25) is 7.91 Å². The van der Waals surface area contributed by atoms with Crippen LogP contribution in [0, 0.1) is 0 Å². The SMILES string of the molecule is CN1C(=O)C(C)(C(=O)O)N(I)c2ccccc21. The van der Waals surface area contributed by atoms with E-state index in [2.05, 4.69) is 0 Å². The fourth-order valence-corrected chi connectivity index (χ4v) is 2.67. The molecule has 1 amide bonds. The molecule has 90 valence electrons. The van der Waals surface area contributed by atoms with Gasteiger partial charge in [0, 0.05) is 7.05 Å². The number of fused-ring (bicyclic) bond motifs is 1. The molecule has 0 spiro atoms. The molecule has 1 aromatic carbocycles. The van der Waals surface area contributed by atoms with Crippen LogP contribution in [0.4, 0.5) is 11.4 Å². The van der Waals surface area contributed by atoms with Crippen molar-refractivity contribution in [3.05, 3.63) is 24.3 Å². The van der Waals surface area contributed by atoms with E-state index in [1.54, 1.807) is 19.2 Å². The minimum Gasteiger partial charge on any atom is -0.479 e. The first-order chi connectivity index (χ1) is 7.90. The van der Waals surface area contributed by atoms with Crippen LogP contribution in [0.25, 0.3) is 0 Å². The molecule has 0 aromatic heterocycles.